The van der Waals surface area contributed by atoms with Crippen LogP contribution < -0.4 is 10.1 Å². The summed E-state index contributed by atoms with van der Waals surface area (Å²) in [6, 6.07) is 22.1. The van der Waals surface area contributed by atoms with Crippen LogP contribution in [0.1, 0.15) is 39.2 Å². The Hall–Kier alpha value is -3.97. The van der Waals surface area contributed by atoms with E-state index in [9.17, 15) is 13.2 Å². The highest BCUT2D eigenvalue weighted by Gasteiger charge is 2.26. The molecule has 6 nitrogen and oxygen atoms in total. The van der Waals surface area contributed by atoms with Gasteiger partial charge in [-0.1, -0.05) is 42.5 Å². The maximum absolute atomic E-state index is 13.5. The van der Waals surface area contributed by atoms with Crippen LogP contribution in [0.5, 0.6) is 5.75 Å². The summed E-state index contributed by atoms with van der Waals surface area (Å²) in [6.07, 6.45) is 4.84. The third kappa shape index (κ3) is 4.75. The van der Waals surface area contributed by atoms with Crippen molar-refractivity contribution in [2.75, 3.05) is 13.4 Å². The molecule has 0 radical (unpaired) electrons. The van der Waals surface area contributed by atoms with Crippen LogP contribution >= 0.6 is 0 Å². The van der Waals surface area contributed by atoms with Crippen molar-refractivity contribution in [1.29, 1.82) is 0 Å². The van der Waals surface area contributed by atoms with Gasteiger partial charge in [-0.2, -0.15) is 0 Å². The molecule has 0 spiro atoms. The smallest absolute Gasteiger partial charge is 0.252 e. The number of amides is 1. The second kappa shape index (κ2) is 9.59. The number of carbonyl (C=O) groups is 1. The predicted molar refractivity (Wildman–Crippen MR) is 142 cm³/mol. The van der Waals surface area contributed by atoms with Crippen LogP contribution in [0.15, 0.2) is 77.7 Å². The van der Waals surface area contributed by atoms with Gasteiger partial charge in [-0.25, -0.2) is 13.4 Å². The molecule has 182 valence electrons. The second-order valence-corrected chi connectivity index (χ2v) is 10.9. The van der Waals surface area contributed by atoms with Gasteiger partial charge >= 0.3 is 0 Å². The Morgan fingerprint density at radius 2 is 1.72 bits per heavy atom. The molecule has 1 heterocycles. The fourth-order valence-corrected chi connectivity index (χ4v) is 5.20. The number of fused-ring (bicyclic) bond motifs is 2. The number of nitrogens with zero attached hydrogens (tertiary/aromatic N) is 1. The molecule has 36 heavy (non-hydrogen) atoms. The van der Waals surface area contributed by atoms with Crippen molar-refractivity contribution in [3.8, 4) is 5.75 Å². The third-order valence-electron chi connectivity index (χ3n) is 6.43. The number of aromatic nitrogens is 1. The Morgan fingerprint density at radius 3 is 2.42 bits per heavy atom. The van der Waals surface area contributed by atoms with Crippen molar-refractivity contribution >= 4 is 38.3 Å². The van der Waals surface area contributed by atoms with Gasteiger partial charge in [0.15, 0.2) is 9.84 Å². The molecule has 0 saturated carbocycles. The van der Waals surface area contributed by atoms with Crippen LogP contribution in [-0.4, -0.2) is 32.7 Å². The van der Waals surface area contributed by atoms with Gasteiger partial charge in [-0.3, -0.25) is 4.79 Å². The highest BCUT2D eigenvalue weighted by Crippen LogP contribution is 2.37. The number of methoxy groups -OCH3 is 1. The fourth-order valence-electron chi connectivity index (χ4n) is 4.56. The minimum absolute atomic E-state index is 0.164. The first-order valence-electron chi connectivity index (χ1n) is 11.7. The summed E-state index contributed by atoms with van der Waals surface area (Å²) in [7, 11) is -1.62. The first-order chi connectivity index (χ1) is 17.3. The molecule has 1 aliphatic carbocycles. The van der Waals surface area contributed by atoms with E-state index >= 15 is 0 Å². The first kappa shape index (κ1) is 23.8. The van der Waals surface area contributed by atoms with Crippen molar-refractivity contribution < 1.29 is 17.9 Å². The molecule has 0 bridgehead atoms. The molecule has 1 aliphatic rings. The molecule has 5 rings (SSSR count). The van der Waals surface area contributed by atoms with Crippen LogP contribution in [0, 0.1) is 0 Å². The Morgan fingerprint density at radius 1 is 1.00 bits per heavy atom. The van der Waals surface area contributed by atoms with Gasteiger partial charge in [0.05, 0.1) is 28.8 Å². The lowest BCUT2D eigenvalue weighted by molar-refractivity contribution is 0.0951. The summed E-state index contributed by atoms with van der Waals surface area (Å²) in [5.41, 5.74) is 6.24. The minimum Gasteiger partial charge on any atom is -0.497 e. The van der Waals surface area contributed by atoms with Gasteiger partial charge in [0.1, 0.15) is 5.75 Å². The number of sulfone groups is 1. The molecule has 0 atom stereocenters. The van der Waals surface area contributed by atoms with Gasteiger partial charge in [-0.05, 0) is 71.5 Å². The molecule has 0 fully saturated rings. The number of nitrogens with one attached hydrogen (secondary N) is 1. The molecule has 0 saturated heterocycles. The third-order valence-corrected chi connectivity index (χ3v) is 7.56. The van der Waals surface area contributed by atoms with Crippen molar-refractivity contribution in [3.63, 3.8) is 0 Å². The standard InChI is InChI=1S/C29H26N2O4S/c1-35-22-12-7-19(8-13-22)17-21-11-16-25-27(24-5-3-4-6-26(24)31-28(21)25)29(32)30-18-20-9-14-23(15-10-20)36(2,33)34/h3-10,12-15,17H,11,16,18H2,1-2H3,(H,30,32)/b21-17-. The van der Waals surface area contributed by atoms with Crippen LogP contribution in [0.3, 0.4) is 0 Å². The molecule has 4 aromatic rings. The van der Waals surface area contributed by atoms with E-state index in [1.54, 1.807) is 31.4 Å². The molecule has 0 aliphatic heterocycles. The quantitative estimate of drug-likeness (QED) is 0.402. The Balaban J connectivity index is 1.47. The number of hydrogen-bond donors (Lipinski definition) is 1. The molecule has 3 aromatic carbocycles. The lowest BCUT2D eigenvalue weighted by atomic mass is 9.99. The van der Waals surface area contributed by atoms with Crippen molar-refractivity contribution in [1.82, 2.24) is 10.3 Å². The monoisotopic (exact) mass is 498 g/mol. The van der Waals surface area contributed by atoms with Crippen LogP contribution in [0.25, 0.3) is 22.6 Å². The Labute approximate surface area is 210 Å². The lowest BCUT2D eigenvalue weighted by Crippen LogP contribution is -2.24. The Bertz CT molecular complexity index is 1590. The van der Waals surface area contributed by atoms with E-state index in [4.69, 9.17) is 9.72 Å². The van der Waals surface area contributed by atoms with E-state index in [2.05, 4.69) is 11.4 Å². The van der Waals surface area contributed by atoms with Crippen LogP contribution in [-0.2, 0) is 22.8 Å². The van der Waals surface area contributed by atoms with Crippen molar-refractivity contribution in [3.05, 3.63) is 101 Å². The number of rotatable bonds is 6. The van der Waals surface area contributed by atoms with Gasteiger partial charge in [0.2, 0.25) is 0 Å². The zero-order chi connectivity index (χ0) is 25.3. The number of hydrogen-bond acceptors (Lipinski definition) is 5. The maximum Gasteiger partial charge on any atom is 0.252 e. The topological polar surface area (TPSA) is 85.4 Å². The minimum atomic E-state index is -3.26. The zero-order valence-corrected chi connectivity index (χ0v) is 20.9. The van der Waals surface area contributed by atoms with E-state index in [1.165, 1.54) is 6.26 Å². The summed E-state index contributed by atoms with van der Waals surface area (Å²) in [6.45, 7) is 0.294. The van der Waals surface area contributed by atoms with E-state index in [-0.39, 0.29) is 10.8 Å². The highest BCUT2D eigenvalue weighted by atomic mass is 32.2. The summed E-state index contributed by atoms with van der Waals surface area (Å²) in [4.78, 5) is 18.7. The lowest BCUT2D eigenvalue weighted by Gasteiger charge is -2.13. The summed E-state index contributed by atoms with van der Waals surface area (Å²) in [5, 5.41) is 3.85. The number of pyridine rings is 1. The van der Waals surface area contributed by atoms with Gasteiger partial charge in [0, 0.05) is 18.2 Å². The van der Waals surface area contributed by atoms with E-state index in [1.807, 2.05) is 48.5 Å². The molecule has 1 aromatic heterocycles. The van der Waals surface area contributed by atoms with E-state index < -0.39 is 9.84 Å². The maximum atomic E-state index is 13.5. The van der Waals surface area contributed by atoms with Gasteiger partial charge in [0.25, 0.3) is 5.91 Å². The molecule has 0 unspecified atom stereocenters. The number of benzene rings is 3. The van der Waals surface area contributed by atoms with E-state index in [0.29, 0.717) is 12.1 Å². The van der Waals surface area contributed by atoms with Crippen LogP contribution in [0.2, 0.25) is 0 Å². The molecule has 1 N–H and O–H groups in total. The van der Waals surface area contributed by atoms with E-state index in [0.717, 1.165) is 57.5 Å². The average Bonchev–Trinajstić information content (AvgIpc) is 3.27. The van der Waals surface area contributed by atoms with Crippen LogP contribution in [0.4, 0.5) is 0 Å². The summed E-state index contributed by atoms with van der Waals surface area (Å²) >= 11 is 0. The second-order valence-electron chi connectivity index (χ2n) is 8.87. The largest absolute Gasteiger partial charge is 0.497 e. The predicted octanol–water partition coefficient (Wildman–Crippen LogP) is 5.06. The average molecular weight is 499 g/mol. The number of carbonyl (C=O) groups excluding carboxylic acids is 1. The number of para-hydroxylation sites is 1. The number of ether oxygens (including phenoxy) is 1. The Kier molecular flexibility index (Phi) is 6.33. The molecular weight excluding hydrogens is 472 g/mol. The fraction of sp³-hybridized carbons (Fsp3) is 0.172. The normalized spacial score (nSPS) is 14.1. The SMILES string of the molecule is COc1ccc(/C=C2/CCc3c2nc2ccccc2c3C(=O)NCc2ccc(S(C)(=O)=O)cc2)cc1. The van der Waals surface area contributed by atoms with Gasteiger partial charge in [-0.15, -0.1) is 0 Å². The summed E-state index contributed by atoms with van der Waals surface area (Å²) < 4.78 is 28.7. The van der Waals surface area contributed by atoms with Gasteiger partial charge < -0.3 is 10.1 Å². The zero-order valence-electron chi connectivity index (χ0n) is 20.1. The highest BCUT2D eigenvalue weighted by molar-refractivity contribution is 7.90. The number of allylic oxidation sites excluding steroid dienone is 1. The first-order valence-corrected chi connectivity index (χ1v) is 13.6. The molecule has 7 heteroatoms. The summed E-state index contributed by atoms with van der Waals surface area (Å²) in [5.74, 6) is 0.640. The van der Waals surface area contributed by atoms with Crippen molar-refractivity contribution in [2.24, 2.45) is 0 Å². The van der Waals surface area contributed by atoms with Crippen molar-refractivity contribution in [2.45, 2.75) is 24.3 Å². The molecular formula is C29H26N2O4S. The molecule has 1 amide bonds.